The Labute approximate surface area is 203 Å². The van der Waals surface area contributed by atoms with Gasteiger partial charge < -0.3 is 16.4 Å². The van der Waals surface area contributed by atoms with E-state index in [4.69, 9.17) is 5.73 Å². The van der Waals surface area contributed by atoms with Gasteiger partial charge >= 0.3 is 6.18 Å². The van der Waals surface area contributed by atoms with Crippen LogP contribution in [0.15, 0.2) is 42.5 Å². The molecule has 0 fully saturated rings. The van der Waals surface area contributed by atoms with Gasteiger partial charge in [-0.15, -0.1) is 0 Å². The fourth-order valence-corrected chi connectivity index (χ4v) is 5.02. The fourth-order valence-electron chi connectivity index (χ4n) is 4.24. The molecule has 4 N–H and O–H groups in total. The molecule has 2 amide bonds. The van der Waals surface area contributed by atoms with Crippen LogP contribution in [0.1, 0.15) is 49.0 Å². The first-order valence-electron chi connectivity index (χ1n) is 10.4. The molecule has 1 aliphatic rings. The van der Waals surface area contributed by atoms with Crippen LogP contribution in [0.5, 0.6) is 0 Å². The largest absolute Gasteiger partial charge is 0.416 e. The number of amides is 2. The van der Waals surface area contributed by atoms with Gasteiger partial charge in [-0.3, -0.25) is 9.59 Å². The number of aromatic nitrogens is 1. The second-order valence-electron chi connectivity index (χ2n) is 8.20. The number of carbonyl (C=O) groups excluding carboxylic acids is 2. The summed E-state index contributed by atoms with van der Waals surface area (Å²) in [4.78, 5) is 30.2. The first kappa shape index (κ1) is 23.7. The van der Waals surface area contributed by atoms with Crippen molar-refractivity contribution in [3.8, 4) is 0 Å². The average Bonchev–Trinajstić information content (AvgIpc) is 3.33. The topological polar surface area (TPSA) is 97.1 Å². The first-order chi connectivity index (χ1) is 16.9. The van der Waals surface area contributed by atoms with Crippen molar-refractivity contribution in [1.82, 2.24) is 10.3 Å². The van der Waals surface area contributed by atoms with Gasteiger partial charge in [0.15, 0.2) is 5.13 Å². The van der Waals surface area contributed by atoms with E-state index >= 15 is 0 Å². The number of carbonyl (C=O) groups is 2. The standard InChI is InChI=1S/C24H15F5N4O2S/c1-9-2-3-12(25)7-14(9)19-17-15(8-16-20(33-23(30)36-16)18(17)22(35)32-19)31-21(34)10-4-11(24(27,28)29)6-13(26)5-10/h2-8,19H,1H3,(H2,30,33)(H,31,34)(H,32,35). The molecule has 0 bridgehead atoms. The molecule has 0 saturated heterocycles. The highest BCUT2D eigenvalue weighted by Crippen LogP contribution is 2.43. The number of fused-ring (bicyclic) bond motifs is 3. The maximum atomic E-state index is 14.1. The number of alkyl halides is 3. The van der Waals surface area contributed by atoms with Crippen molar-refractivity contribution in [2.45, 2.75) is 19.1 Å². The predicted molar refractivity (Wildman–Crippen MR) is 124 cm³/mol. The van der Waals surface area contributed by atoms with Crippen LogP contribution in [0.2, 0.25) is 0 Å². The van der Waals surface area contributed by atoms with Crippen LogP contribution in [0.3, 0.4) is 0 Å². The number of hydrogen-bond donors (Lipinski definition) is 3. The van der Waals surface area contributed by atoms with Gasteiger partial charge in [-0.05, 0) is 54.4 Å². The number of rotatable bonds is 3. The molecule has 4 aromatic rings. The van der Waals surface area contributed by atoms with Gasteiger partial charge in [0.1, 0.15) is 11.6 Å². The highest BCUT2D eigenvalue weighted by molar-refractivity contribution is 7.22. The summed E-state index contributed by atoms with van der Waals surface area (Å²) in [6.07, 6.45) is -4.87. The lowest BCUT2D eigenvalue weighted by atomic mass is 9.93. The van der Waals surface area contributed by atoms with Gasteiger partial charge in [0.25, 0.3) is 11.8 Å². The number of halogens is 5. The summed E-state index contributed by atoms with van der Waals surface area (Å²) >= 11 is 1.03. The molecule has 36 heavy (non-hydrogen) atoms. The predicted octanol–water partition coefficient (Wildman–Crippen LogP) is 5.57. The minimum atomic E-state index is -4.87. The SMILES string of the molecule is Cc1ccc(F)cc1C1NC(=O)c2c1c(NC(=O)c1cc(F)cc(C(F)(F)F)c1)cc1sc(N)nc21. The average molecular weight is 518 g/mol. The van der Waals surface area contributed by atoms with Crippen LogP contribution in [0, 0.1) is 18.6 Å². The Morgan fingerprint density at radius 1 is 1.11 bits per heavy atom. The Kier molecular flexibility index (Phi) is 5.43. The van der Waals surface area contributed by atoms with Gasteiger partial charge in [0, 0.05) is 16.8 Å². The molecule has 0 saturated carbocycles. The third-order valence-corrected chi connectivity index (χ3v) is 6.65. The normalized spacial score (nSPS) is 15.2. The molecule has 0 spiro atoms. The second-order valence-corrected chi connectivity index (χ2v) is 9.26. The van der Waals surface area contributed by atoms with E-state index in [-0.39, 0.29) is 33.5 Å². The molecule has 12 heteroatoms. The van der Waals surface area contributed by atoms with E-state index in [0.717, 1.165) is 11.3 Å². The maximum Gasteiger partial charge on any atom is 0.416 e. The number of nitrogens with one attached hydrogen (secondary N) is 2. The number of nitrogen functional groups attached to an aromatic ring is 1. The van der Waals surface area contributed by atoms with Crippen LogP contribution in [0.25, 0.3) is 10.2 Å². The summed E-state index contributed by atoms with van der Waals surface area (Å²) in [5.74, 6) is -3.37. The quantitative estimate of drug-likeness (QED) is 0.309. The summed E-state index contributed by atoms with van der Waals surface area (Å²) in [7, 11) is 0. The van der Waals surface area contributed by atoms with E-state index < -0.39 is 46.8 Å². The molecule has 1 aliphatic heterocycles. The maximum absolute atomic E-state index is 14.1. The fraction of sp³-hybridized carbons (Fsp3) is 0.125. The van der Waals surface area contributed by atoms with Crippen molar-refractivity contribution in [3.63, 3.8) is 0 Å². The smallest absolute Gasteiger partial charge is 0.375 e. The number of aryl methyl sites for hydroxylation is 1. The Balaban J connectivity index is 1.67. The lowest BCUT2D eigenvalue weighted by molar-refractivity contribution is -0.137. The van der Waals surface area contributed by atoms with Gasteiger partial charge in [0.2, 0.25) is 0 Å². The van der Waals surface area contributed by atoms with Crippen molar-refractivity contribution in [2.24, 2.45) is 0 Å². The van der Waals surface area contributed by atoms with E-state index in [1.165, 1.54) is 24.3 Å². The van der Waals surface area contributed by atoms with Crippen LogP contribution >= 0.6 is 11.3 Å². The van der Waals surface area contributed by atoms with Crippen LogP contribution in [0.4, 0.5) is 32.8 Å². The van der Waals surface area contributed by atoms with Crippen LogP contribution in [-0.4, -0.2) is 16.8 Å². The van der Waals surface area contributed by atoms with Crippen molar-refractivity contribution in [2.75, 3.05) is 11.1 Å². The number of nitrogens with zero attached hydrogens (tertiary/aromatic N) is 1. The van der Waals surface area contributed by atoms with E-state index in [2.05, 4.69) is 15.6 Å². The number of thiazole rings is 1. The zero-order chi connectivity index (χ0) is 25.9. The minimum absolute atomic E-state index is 0.0657. The van der Waals surface area contributed by atoms with Gasteiger partial charge in [-0.2, -0.15) is 13.2 Å². The molecule has 1 atom stereocenters. The van der Waals surface area contributed by atoms with Gasteiger partial charge in [-0.25, -0.2) is 13.8 Å². The van der Waals surface area contributed by atoms with Crippen LogP contribution in [-0.2, 0) is 6.18 Å². The van der Waals surface area contributed by atoms with Crippen molar-refractivity contribution in [1.29, 1.82) is 0 Å². The lowest BCUT2D eigenvalue weighted by Crippen LogP contribution is -2.21. The molecular formula is C24H15F5N4O2S. The molecule has 0 aliphatic carbocycles. The molecule has 6 nitrogen and oxygen atoms in total. The second kappa shape index (κ2) is 8.26. The van der Waals surface area contributed by atoms with E-state index in [0.29, 0.717) is 28.0 Å². The van der Waals surface area contributed by atoms with Crippen molar-refractivity contribution < 1.29 is 31.5 Å². The molecule has 3 aromatic carbocycles. The third-order valence-electron chi connectivity index (χ3n) is 5.82. The number of benzene rings is 3. The summed E-state index contributed by atoms with van der Waals surface area (Å²) in [6.45, 7) is 1.71. The van der Waals surface area contributed by atoms with Crippen LogP contribution < -0.4 is 16.4 Å². The zero-order valence-corrected chi connectivity index (χ0v) is 19.1. The Morgan fingerprint density at radius 3 is 2.58 bits per heavy atom. The summed E-state index contributed by atoms with van der Waals surface area (Å²) in [6, 6.07) is 6.08. The Morgan fingerprint density at radius 2 is 1.86 bits per heavy atom. The summed E-state index contributed by atoms with van der Waals surface area (Å²) in [5, 5.41) is 5.40. The van der Waals surface area contributed by atoms with E-state index in [1.807, 2.05) is 0 Å². The Bertz CT molecular complexity index is 1580. The zero-order valence-electron chi connectivity index (χ0n) is 18.3. The highest BCUT2D eigenvalue weighted by atomic mass is 32.1. The molecule has 1 unspecified atom stereocenters. The number of anilines is 2. The highest BCUT2D eigenvalue weighted by Gasteiger charge is 2.37. The third kappa shape index (κ3) is 4.02. The Hall–Kier alpha value is -4.06. The molecule has 2 heterocycles. The molecule has 1 aromatic heterocycles. The number of hydrogen-bond acceptors (Lipinski definition) is 5. The van der Waals surface area contributed by atoms with Gasteiger partial charge in [-0.1, -0.05) is 17.4 Å². The molecule has 5 rings (SSSR count). The summed E-state index contributed by atoms with van der Waals surface area (Å²) in [5.41, 5.74) is 5.65. The van der Waals surface area contributed by atoms with Crippen molar-refractivity contribution in [3.05, 3.63) is 87.5 Å². The molecule has 184 valence electrons. The molecular weight excluding hydrogens is 503 g/mol. The lowest BCUT2D eigenvalue weighted by Gasteiger charge is -2.19. The monoisotopic (exact) mass is 518 g/mol. The first-order valence-corrected chi connectivity index (χ1v) is 11.2. The minimum Gasteiger partial charge on any atom is -0.375 e. The molecule has 0 radical (unpaired) electrons. The van der Waals surface area contributed by atoms with Gasteiger partial charge in [0.05, 0.1) is 27.4 Å². The van der Waals surface area contributed by atoms with Crippen molar-refractivity contribution >= 4 is 44.2 Å². The van der Waals surface area contributed by atoms with E-state index in [1.54, 1.807) is 6.92 Å². The number of nitrogens with two attached hydrogens (primary N) is 1. The van der Waals surface area contributed by atoms with E-state index in [9.17, 15) is 31.5 Å². The summed E-state index contributed by atoms with van der Waals surface area (Å²) < 4.78 is 67.9.